The maximum atomic E-state index is 2.93. The Balaban J connectivity index is 0.00000156. The number of aryl methyl sites for hydroxylation is 2. The number of benzene rings is 1. The van der Waals surface area contributed by atoms with Gasteiger partial charge >= 0.3 is 152 Å². The Hall–Kier alpha value is 0.231. The minimum absolute atomic E-state index is 0. The number of halogens is 2. The molecule has 0 radical (unpaired) electrons. The molecule has 2 aromatic rings. The van der Waals surface area contributed by atoms with Crippen LogP contribution in [0.3, 0.4) is 0 Å². The molecule has 1 aromatic heterocycles. The molecular formula is C19H30Cl2N2SiTi. The summed E-state index contributed by atoms with van der Waals surface area (Å²) in [4.78, 5) is 0. The smallest absolute Gasteiger partial charge is 1.00 e. The van der Waals surface area contributed by atoms with Gasteiger partial charge in [-0.2, -0.15) is 0 Å². The average molecular weight is 433 g/mol. The molecule has 0 fully saturated rings. The van der Waals surface area contributed by atoms with Crippen molar-refractivity contribution >= 4 is 19.9 Å². The maximum absolute atomic E-state index is 2.93. The molecule has 1 aliphatic rings. The van der Waals surface area contributed by atoms with Crippen LogP contribution in [0.4, 0.5) is 0 Å². The molecule has 3 rings (SSSR count). The molecule has 0 amide bonds. The topological polar surface area (TPSA) is 8.17 Å². The van der Waals surface area contributed by atoms with Gasteiger partial charge in [0, 0.05) is 0 Å². The molecule has 0 saturated carbocycles. The van der Waals surface area contributed by atoms with Crippen LogP contribution in [0.1, 0.15) is 37.6 Å². The van der Waals surface area contributed by atoms with Crippen molar-refractivity contribution in [3.05, 3.63) is 35.0 Å². The molecule has 2 nitrogen and oxygen atoms in total. The molecule has 138 valence electrons. The quantitative estimate of drug-likeness (QED) is 0.534. The predicted octanol–water partition coefficient (Wildman–Crippen LogP) is -1.54. The van der Waals surface area contributed by atoms with Crippen LogP contribution >= 0.6 is 0 Å². The summed E-state index contributed by atoms with van der Waals surface area (Å²) >= 11 is -0.0477. The van der Waals surface area contributed by atoms with E-state index in [9.17, 15) is 0 Å². The van der Waals surface area contributed by atoms with Gasteiger partial charge in [-0.15, -0.1) is 0 Å². The summed E-state index contributed by atoms with van der Waals surface area (Å²) in [6.07, 6.45) is 2.61. The van der Waals surface area contributed by atoms with E-state index in [1.807, 2.05) is 0 Å². The van der Waals surface area contributed by atoms with Gasteiger partial charge in [-0.1, -0.05) is 0 Å². The first-order chi connectivity index (χ1) is 10.7. The van der Waals surface area contributed by atoms with Gasteiger partial charge in [-0.3, -0.25) is 0 Å². The van der Waals surface area contributed by atoms with Crippen LogP contribution in [0, 0.1) is 6.92 Å². The van der Waals surface area contributed by atoms with E-state index in [4.69, 9.17) is 0 Å². The first-order valence-corrected chi connectivity index (χ1v) is 13.2. The number of nitrogens with zero attached hydrogens (tertiary/aromatic N) is 2. The molecular weight excluding hydrogens is 403 g/mol. The molecule has 0 N–H and O–H groups in total. The van der Waals surface area contributed by atoms with Crippen molar-refractivity contribution in [1.29, 1.82) is 0 Å². The standard InChI is InChI=1S/C13H14N.C6H16NSi.2ClH.Ti/c1-9-6-7-11-10-4-3-5-12(10)14(2)13(11)8-9;1-6(2,3)7-8(4)5;;;/h3,6-8H,4-5H2,1-2H3;8H,1-5H3;2*1H;/q;-1;;;+3/p-2. The van der Waals surface area contributed by atoms with Crippen LogP contribution in [0.25, 0.3) is 10.9 Å². The van der Waals surface area contributed by atoms with Crippen molar-refractivity contribution < 1.29 is 44.2 Å². The Kier molecular flexibility index (Phi) is 7.91. The van der Waals surface area contributed by atoms with Crippen molar-refractivity contribution in [2.24, 2.45) is 7.05 Å². The third-order valence-electron chi connectivity index (χ3n) is 5.04. The number of rotatable bonds is 3. The second-order valence-corrected chi connectivity index (χ2v) is 14.3. The number of aromatic nitrogens is 1. The molecule has 1 aromatic carbocycles. The van der Waals surface area contributed by atoms with Crippen LogP contribution in [0.5, 0.6) is 0 Å². The van der Waals surface area contributed by atoms with Crippen LogP contribution in [-0.2, 0) is 39.3 Å². The van der Waals surface area contributed by atoms with E-state index in [1.165, 1.54) is 29.3 Å². The van der Waals surface area contributed by atoms with Gasteiger partial charge in [0.2, 0.25) is 0 Å². The summed E-state index contributed by atoms with van der Waals surface area (Å²) in [6.45, 7) is 14.4. The monoisotopic (exact) mass is 432 g/mol. The molecule has 1 aliphatic carbocycles. The summed E-state index contributed by atoms with van der Waals surface area (Å²) in [5, 5.41) is 1.51. The fourth-order valence-corrected chi connectivity index (χ4v) is 10.4. The Morgan fingerprint density at radius 3 is 2.36 bits per heavy atom. The van der Waals surface area contributed by atoms with Gasteiger partial charge in [-0.05, 0) is 0 Å². The fourth-order valence-electron chi connectivity index (χ4n) is 4.12. The molecule has 25 heavy (non-hydrogen) atoms. The van der Waals surface area contributed by atoms with E-state index in [0.29, 0.717) is 5.54 Å². The van der Waals surface area contributed by atoms with E-state index >= 15 is 0 Å². The zero-order chi connectivity index (χ0) is 16.9. The normalized spacial score (nSPS) is 16.6. The van der Waals surface area contributed by atoms with Crippen molar-refractivity contribution in [3.8, 4) is 0 Å². The summed E-state index contributed by atoms with van der Waals surface area (Å²) in [7, 11) is 1.53. The molecule has 1 atom stereocenters. The van der Waals surface area contributed by atoms with Gasteiger partial charge < -0.3 is 24.8 Å². The van der Waals surface area contributed by atoms with Crippen LogP contribution in [0.2, 0.25) is 17.3 Å². The van der Waals surface area contributed by atoms with Crippen molar-refractivity contribution in [1.82, 2.24) is 7.61 Å². The molecule has 0 bridgehead atoms. The van der Waals surface area contributed by atoms with E-state index in [1.54, 1.807) is 11.3 Å². The van der Waals surface area contributed by atoms with Gasteiger partial charge in [0.05, 0.1) is 0 Å². The minimum atomic E-state index is -0.731. The van der Waals surface area contributed by atoms with E-state index in [-0.39, 0.29) is 44.2 Å². The maximum Gasteiger partial charge on any atom is -1.00 e. The number of hydrogen-bond donors (Lipinski definition) is 0. The van der Waals surface area contributed by atoms with Crippen LogP contribution in [-0.4, -0.2) is 22.1 Å². The third-order valence-corrected chi connectivity index (χ3v) is 12.6. The average Bonchev–Trinajstić information content (AvgIpc) is 2.95. The van der Waals surface area contributed by atoms with Crippen molar-refractivity contribution in [2.45, 2.75) is 63.4 Å². The Labute approximate surface area is 176 Å². The molecule has 0 saturated heterocycles. The Morgan fingerprint density at radius 1 is 1.16 bits per heavy atom. The second-order valence-electron chi connectivity index (χ2n) is 8.37. The van der Waals surface area contributed by atoms with Gasteiger partial charge in [0.25, 0.3) is 0 Å². The largest absolute Gasteiger partial charge is 1.00 e. The number of fused-ring (bicyclic) bond motifs is 3. The van der Waals surface area contributed by atoms with Crippen molar-refractivity contribution in [2.75, 3.05) is 0 Å². The van der Waals surface area contributed by atoms with E-state index in [0.717, 1.165) is 4.22 Å². The van der Waals surface area contributed by atoms with Crippen LogP contribution in [0.15, 0.2) is 18.2 Å². The fraction of sp³-hybridized carbons (Fsp3) is 0.579. The summed E-state index contributed by atoms with van der Waals surface area (Å²) < 4.78 is 6.31. The van der Waals surface area contributed by atoms with Crippen LogP contribution < -0.4 is 24.8 Å². The first kappa shape index (κ1) is 23.3. The third kappa shape index (κ3) is 4.56. The molecule has 1 unspecified atom stereocenters. The van der Waals surface area contributed by atoms with Gasteiger partial charge in [0.1, 0.15) is 0 Å². The number of hydrogen-bond acceptors (Lipinski definition) is 1. The summed E-state index contributed by atoms with van der Waals surface area (Å²) in [5.41, 5.74) is 6.41. The molecule has 1 heterocycles. The zero-order valence-corrected chi connectivity index (χ0v) is 20.7. The Morgan fingerprint density at radius 2 is 1.80 bits per heavy atom. The predicted molar refractivity (Wildman–Crippen MR) is 99.3 cm³/mol. The minimum Gasteiger partial charge on any atom is -1.00 e. The van der Waals surface area contributed by atoms with Gasteiger partial charge in [-0.25, -0.2) is 0 Å². The Bertz CT molecular complexity index is 737. The summed E-state index contributed by atoms with van der Waals surface area (Å²) in [6, 6.07) is 6.97. The second kappa shape index (κ2) is 8.50. The molecule has 0 aliphatic heterocycles. The SMILES string of the molecule is Cc1ccc2c3c(n(C)c2c1)C[CH]([Ti+2][N]([SiH](C)C)C(C)(C)C)C3.[Cl-].[Cl-]. The molecule has 0 spiro atoms. The zero-order valence-electron chi connectivity index (χ0n) is 16.5. The first-order valence-electron chi connectivity index (χ1n) is 8.80. The molecule has 6 heteroatoms. The van der Waals surface area contributed by atoms with E-state index in [2.05, 4.69) is 73.7 Å². The van der Waals surface area contributed by atoms with E-state index < -0.39 is 8.96 Å². The van der Waals surface area contributed by atoms with Gasteiger partial charge in [0.15, 0.2) is 0 Å². The summed E-state index contributed by atoms with van der Waals surface area (Å²) in [5.74, 6) is 0. The van der Waals surface area contributed by atoms with Crippen molar-refractivity contribution in [3.63, 3.8) is 0 Å².